The molecule has 3 aromatic rings. The van der Waals surface area contributed by atoms with E-state index in [9.17, 15) is 5.11 Å². The molecule has 0 radical (unpaired) electrons. The number of aromatic nitrogens is 1. The monoisotopic (exact) mass is 356 g/mol. The van der Waals surface area contributed by atoms with Crippen LogP contribution >= 0.6 is 23.8 Å². The highest BCUT2D eigenvalue weighted by atomic mass is 35.5. The van der Waals surface area contributed by atoms with E-state index in [1.165, 1.54) is 12.3 Å². The van der Waals surface area contributed by atoms with Gasteiger partial charge in [-0.2, -0.15) is 5.10 Å². The Kier molecular flexibility index (Phi) is 4.88. The van der Waals surface area contributed by atoms with E-state index >= 15 is 0 Å². The number of hydrazone groups is 1. The molecule has 7 heteroatoms. The van der Waals surface area contributed by atoms with Crippen LogP contribution in [-0.4, -0.2) is 21.4 Å². The number of nitrogens with one attached hydrogen (secondary N) is 2. The average Bonchev–Trinajstić information content (AvgIpc) is 2.58. The molecule has 120 valence electrons. The quantitative estimate of drug-likeness (QED) is 0.377. The molecule has 24 heavy (non-hydrogen) atoms. The van der Waals surface area contributed by atoms with Crippen LogP contribution < -0.4 is 10.7 Å². The Labute approximate surface area is 149 Å². The molecule has 0 fully saturated rings. The predicted octanol–water partition coefficient (Wildman–Crippen LogP) is 3.91. The maximum atomic E-state index is 9.72. The van der Waals surface area contributed by atoms with Gasteiger partial charge in [-0.25, -0.2) is 0 Å². The predicted molar refractivity (Wildman–Crippen MR) is 102 cm³/mol. The van der Waals surface area contributed by atoms with E-state index in [0.717, 1.165) is 16.6 Å². The van der Waals surface area contributed by atoms with E-state index in [2.05, 4.69) is 20.8 Å². The van der Waals surface area contributed by atoms with Gasteiger partial charge in [-0.3, -0.25) is 10.4 Å². The van der Waals surface area contributed by atoms with E-state index < -0.39 is 0 Å². The standard InChI is InChI=1S/C17H13ClN4OS/c18-13-6-7-15(23)12(9-13)10-20-22-17(24)21-14-5-1-3-11-4-2-8-19-16(11)14/h1-10,23H,(H2,21,22,24). The number of phenolic OH excluding ortho intramolecular Hbond substituents is 1. The number of nitrogens with zero attached hydrogens (tertiary/aromatic N) is 2. The Hall–Kier alpha value is -2.70. The van der Waals surface area contributed by atoms with Gasteiger partial charge in [0, 0.05) is 22.2 Å². The van der Waals surface area contributed by atoms with Gasteiger partial charge in [-0.15, -0.1) is 0 Å². The third-order valence-corrected chi connectivity index (χ3v) is 3.67. The van der Waals surface area contributed by atoms with E-state index in [1.54, 1.807) is 18.3 Å². The van der Waals surface area contributed by atoms with Crippen molar-refractivity contribution < 1.29 is 5.11 Å². The molecule has 0 amide bonds. The van der Waals surface area contributed by atoms with E-state index in [4.69, 9.17) is 23.8 Å². The second-order valence-electron chi connectivity index (χ2n) is 4.91. The number of para-hydroxylation sites is 1. The summed E-state index contributed by atoms with van der Waals surface area (Å²) in [7, 11) is 0. The molecule has 0 saturated heterocycles. The average molecular weight is 357 g/mol. The summed E-state index contributed by atoms with van der Waals surface area (Å²) < 4.78 is 0. The summed E-state index contributed by atoms with van der Waals surface area (Å²) >= 11 is 11.1. The second kappa shape index (κ2) is 7.25. The zero-order valence-corrected chi connectivity index (χ0v) is 14.0. The number of pyridine rings is 1. The van der Waals surface area contributed by atoms with Crippen LogP contribution in [-0.2, 0) is 0 Å². The van der Waals surface area contributed by atoms with Crippen molar-refractivity contribution in [1.29, 1.82) is 0 Å². The van der Waals surface area contributed by atoms with Gasteiger partial charge >= 0.3 is 0 Å². The Balaban J connectivity index is 1.69. The molecule has 0 saturated carbocycles. The Bertz CT molecular complexity index is 924. The van der Waals surface area contributed by atoms with Crippen LogP contribution in [0, 0.1) is 0 Å². The lowest BCUT2D eigenvalue weighted by atomic mass is 10.2. The molecule has 0 aliphatic heterocycles. The van der Waals surface area contributed by atoms with Crippen LogP contribution in [0.3, 0.4) is 0 Å². The normalized spacial score (nSPS) is 10.9. The second-order valence-corrected chi connectivity index (χ2v) is 5.75. The molecular weight excluding hydrogens is 344 g/mol. The summed E-state index contributed by atoms with van der Waals surface area (Å²) in [6, 6.07) is 14.3. The van der Waals surface area contributed by atoms with Crippen LogP contribution in [0.15, 0.2) is 59.8 Å². The van der Waals surface area contributed by atoms with Crippen LogP contribution in [0.25, 0.3) is 10.9 Å². The number of benzene rings is 2. The summed E-state index contributed by atoms with van der Waals surface area (Å²) in [5, 5.41) is 18.6. The molecule has 0 spiro atoms. The number of aromatic hydroxyl groups is 1. The molecule has 3 rings (SSSR count). The first-order valence-corrected chi connectivity index (χ1v) is 7.84. The SMILES string of the molecule is Oc1ccc(Cl)cc1C=NNC(=S)Nc1cccc2cccnc12. The summed E-state index contributed by atoms with van der Waals surface area (Å²) in [4.78, 5) is 4.35. The van der Waals surface area contributed by atoms with Gasteiger partial charge in [0.1, 0.15) is 5.75 Å². The van der Waals surface area contributed by atoms with Crippen molar-refractivity contribution in [1.82, 2.24) is 10.4 Å². The van der Waals surface area contributed by atoms with Crippen LogP contribution in [0.2, 0.25) is 5.02 Å². The van der Waals surface area contributed by atoms with Crippen LogP contribution in [0.5, 0.6) is 5.75 Å². The fourth-order valence-corrected chi connectivity index (χ4v) is 2.49. The molecule has 0 aliphatic carbocycles. The highest BCUT2D eigenvalue weighted by Gasteiger charge is 2.03. The summed E-state index contributed by atoms with van der Waals surface area (Å²) in [6.07, 6.45) is 3.17. The van der Waals surface area contributed by atoms with Crippen molar-refractivity contribution >= 4 is 51.7 Å². The minimum absolute atomic E-state index is 0.0853. The number of thiocarbonyl (C=S) groups is 1. The highest BCUT2D eigenvalue weighted by molar-refractivity contribution is 7.80. The zero-order chi connectivity index (χ0) is 16.9. The fourth-order valence-electron chi connectivity index (χ4n) is 2.14. The molecule has 1 heterocycles. The molecule has 0 bridgehead atoms. The van der Waals surface area contributed by atoms with Gasteiger partial charge in [0.15, 0.2) is 5.11 Å². The number of fused-ring (bicyclic) bond motifs is 1. The first-order chi connectivity index (χ1) is 11.6. The lowest BCUT2D eigenvalue weighted by Gasteiger charge is -2.09. The van der Waals surface area contributed by atoms with Gasteiger partial charge in [-0.1, -0.05) is 29.8 Å². The van der Waals surface area contributed by atoms with E-state index in [1.807, 2.05) is 30.3 Å². The lowest BCUT2D eigenvalue weighted by Crippen LogP contribution is -2.24. The minimum atomic E-state index is 0.0853. The molecule has 0 atom stereocenters. The van der Waals surface area contributed by atoms with Gasteiger partial charge < -0.3 is 10.4 Å². The molecular formula is C17H13ClN4OS. The van der Waals surface area contributed by atoms with Crippen molar-refractivity contribution in [2.24, 2.45) is 5.10 Å². The third kappa shape index (κ3) is 3.79. The molecule has 1 aromatic heterocycles. The topological polar surface area (TPSA) is 69.5 Å². The maximum Gasteiger partial charge on any atom is 0.191 e. The highest BCUT2D eigenvalue weighted by Crippen LogP contribution is 2.21. The number of rotatable bonds is 3. The zero-order valence-electron chi connectivity index (χ0n) is 12.4. The molecule has 0 aliphatic rings. The molecule has 2 aromatic carbocycles. The van der Waals surface area contributed by atoms with Crippen LogP contribution in [0.1, 0.15) is 5.56 Å². The largest absolute Gasteiger partial charge is 0.507 e. The molecule has 5 nitrogen and oxygen atoms in total. The van der Waals surface area contributed by atoms with Crippen molar-refractivity contribution in [3.8, 4) is 5.75 Å². The van der Waals surface area contributed by atoms with Gasteiger partial charge in [0.2, 0.25) is 0 Å². The van der Waals surface area contributed by atoms with Crippen molar-refractivity contribution in [2.75, 3.05) is 5.32 Å². The maximum absolute atomic E-state index is 9.72. The first kappa shape index (κ1) is 16.2. The number of hydrogen-bond acceptors (Lipinski definition) is 4. The van der Waals surface area contributed by atoms with E-state index in [0.29, 0.717) is 15.7 Å². The van der Waals surface area contributed by atoms with Gasteiger partial charge in [0.25, 0.3) is 0 Å². The fraction of sp³-hybridized carbons (Fsp3) is 0. The van der Waals surface area contributed by atoms with Crippen molar-refractivity contribution in [2.45, 2.75) is 0 Å². The Morgan fingerprint density at radius 1 is 1.21 bits per heavy atom. The summed E-state index contributed by atoms with van der Waals surface area (Å²) in [6.45, 7) is 0. The minimum Gasteiger partial charge on any atom is -0.507 e. The number of hydrogen-bond donors (Lipinski definition) is 3. The number of halogens is 1. The van der Waals surface area contributed by atoms with Crippen LogP contribution in [0.4, 0.5) is 5.69 Å². The van der Waals surface area contributed by atoms with Crippen molar-refractivity contribution in [3.05, 3.63) is 65.3 Å². The summed E-state index contributed by atoms with van der Waals surface area (Å²) in [5.74, 6) is 0.0853. The summed E-state index contributed by atoms with van der Waals surface area (Å²) in [5.41, 5.74) is 4.79. The number of phenols is 1. The van der Waals surface area contributed by atoms with Crippen molar-refractivity contribution in [3.63, 3.8) is 0 Å². The first-order valence-electron chi connectivity index (χ1n) is 7.06. The number of anilines is 1. The third-order valence-electron chi connectivity index (χ3n) is 3.24. The smallest absolute Gasteiger partial charge is 0.191 e. The lowest BCUT2D eigenvalue weighted by molar-refractivity contribution is 0.474. The molecule has 0 unspecified atom stereocenters. The van der Waals surface area contributed by atoms with E-state index in [-0.39, 0.29) is 5.75 Å². The molecule has 3 N–H and O–H groups in total. The Morgan fingerprint density at radius 3 is 2.92 bits per heavy atom. The van der Waals surface area contributed by atoms with Gasteiger partial charge in [0.05, 0.1) is 17.4 Å². The van der Waals surface area contributed by atoms with Gasteiger partial charge in [-0.05, 0) is 42.5 Å². The Morgan fingerprint density at radius 2 is 2.04 bits per heavy atom.